The van der Waals surface area contributed by atoms with E-state index in [2.05, 4.69) is 13.5 Å². The van der Waals surface area contributed by atoms with Gasteiger partial charge >= 0.3 is 0 Å². The van der Waals surface area contributed by atoms with Gasteiger partial charge in [0.1, 0.15) is 0 Å². The number of nitrogens with two attached hydrogens (primary N) is 1. The van der Waals surface area contributed by atoms with Crippen molar-refractivity contribution in [2.45, 2.75) is 51.9 Å². The summed E-state index contributed by atoms with van der Waals surface area (Å²) in [5.74, 6) is 0. The van der Waals surface area contributed by atoms with Gasteiger partial charge in [0.2, 0.25) is 0 Å². The van der Waals surface area contributed by atoms with Crippen LogP contribution in [0.2, 0.25) is 0 Å². The second kappa shape index (κ2) is 9.37. The molecule has 0 bridgehead atoms. The molecule has 76 valence electrons. The van der Waals surface area contributed by atoms with Gasteiger partial charge in [-0.1, -0.05) is 51.7 Å². The van der Waals surface area contributed by atoms with Gasteiger partial charge in [-0.25, -0.2) is 0 Å². The molecule has 0 aliphatic carbocycles. The average Bonchev–Trinajstić information content (AvgIpc) is 2.17. The van der Waals surface area contributed by atoms with E-state index >= 15 is 0 Å². The Morgan fingerprint density at radius 3 is 2.31 bits per heavy atom. The van der Waals surface area contributed by atoms with Crippen LogP contribution in [-0.4, -0.2) is 0 Å². The summed E-state index contributed by atoms with van der Waals surface area (Å²) < 4.78 is 0. The summed E-state index contributed by atoms with van der Waals surface area (Å²) >= 11 is 0. The molecular weight excluding hydrogens is 158 g/mol. The summed E-state index contributed by atoms with van der Waals surface area (Å²) in [5.41, 5.74) is 6.59. The number of allylic oxidation sites excluding steroid dienone is 2. The van der Waals surface area contributed by atoms with Crippen LogP contribution in [0, 0.1) is 0 Å². The van der Waals surface area contributed by atoms with Crippen molar-refractivity contribution in [2.75, 3.05) is 0 Å². The van der Waals surface area contributed by atoms with E-state index in [4.69, 9.17) is 5.73 Å². The first-order valence-electron chi connectivity index (χ1n) is 5.38. The third kappa shape index (κ3) is 7.63. The van der Waals surface area contributed by atoms with Crippen LogP contribution in [0.5, 0.6) is 0 Å². The fourth-order valence-corrected chi connectivity index (χ4v) is 1.36. The highest BCUT2D eigenvalue weighted by molar-refractivity contribution is 5.13. The minimum atomic E-state index is 1.09. The van der Waals surface area contributed by atoms with Gasteiger partial charge in [-0.3, -0.25) is 0 Å². The molecule has 0 aromatic heterocycles. The standard InChI is InChI=1S/C12H23N/c1-3-5-6-7-8-9-10-12(4-2)11-13/h4,11H,2-3,5-10,13H2,1H3/b12-11+. The van der Waals surface area contributed by atoms with Crippen LogP contribution < -0.4 is 5.73 Å². The fourth-order valence-electron chi connectivity index (χ4n) is 1.36. The van der Waals surface area contributed by atoms with Gasteiger partial charge in [0.15, 0.2) is 0 Å². The van der Waals surface area contributed by atoms with Crippen LogP contribution in [-0.2, 0) is 0 Å². The van der Waals surface area contributed by atoms with Gasteiger partial charge in [0.25, 0.3) is 0 Å². The SMILES string of the molecule is C=C/C(=C\N)CCCCCCCC. The molecule has 0 aromatic rings. The minimum Gasteiger partial charge on any atom is -0.404 e. The molecule has 0 aliphatic heterocycles. The third-order valence-corrected chi connectivity index (χ3v) is 2.30. The maximum Gasteiger partial charge on any atom is -0.00299 e. The van der Waals surface area contributed by atoms with Crippen molar-refractivity contribution in [2.24, 2.45) is 5.73 Å². The lowest BCUT2D eigenvalue weighted by atomic mass is 10.1. The predicted molar refractivity (Wildman–Crippen MR) is 60.5 cm³/mol. The van der Waals surface area contributed by atoms with Crippen molar-refractivity contribution in [3.8, 4) is 0 Å². The van der Waals surface area contributed by atoms with Crippen molar-refractivity contribution < 1.29 is 0 Å². The highest BCUT2D eigenvalue weighted by atomic mass is 14.5. The Balaban J connectivity index is 3.20. The van der Waals surface area contributed by atoms with Crippen LogP contribution in [0.4, 0.5) is 0 Å². The second-order valence-corrected chi connectivity index (χ2v) is 3.46. The molecule has 0 heterocycles. The van der Waals surface area contributed by atoms with E-state index in [1.165, 1.54) is 44.1 Å². The van der Waals surface area contributed by atoms with Crippen molar-refractivity contribution >= 4 is 0 Å². The van der Waals surface area contributed by atoms with Crippen molar-refractivity contribution in [1.82, 2.24) is 0 Å². The Bertz CT molecular complexity index is 147. The summed E-state index contributed by atoms with van der Waals surface area (Å²) in [6.07, 6.45) is 12.6. The number of hydrogen-bond acceptors (Lipinski definition) is 1. The monoisotopic (exact) mass is 181 g/mol. The van der Waals surface area contributed by atoms with Crippen LogP contribution in [0.25, 0.3) is 0 Å². The molecule has 0 atom stereocenters. The molecule has 0 amide bonds. The molecule has 0 unspecified atom stereocenters. The van der Waals surface area contributed by atoms with Gasteiger partial charge < -0.3 is 5.73 Å². The maximum absolute atomic E-state index is 5.41. The molecule has 0 fully saturated rings. The van der Waals surface area contributed by atoms with Gasteiger partial charge in [0, 0.05) is 0 Å². The molecule has 0 aromatic carbocycles. The molecule has 0 radical (unpaired) electrons. The first-order valence-corrected chi connectivity index (χ1v) is 5.38. The van der Waals surface area contributed by atoms with E-state index < -0.39 is 0 Å². The third-order valence-electron chi connectivity index (χ3n) is 2.30. The quantitative estimate of drug-likeness (QED) is 0.448. The summed E-state index contributed by atoms with van der Waals surface area (Å²) in [7, 11) is 0. The zero-order valence-corrected chi connectivity index (χ0v) is 8.89. The summed E-state index contributed by atoms with van der Waals surface area (Å²) in [5, 5.41) is 0. The number of hydrogen-bond donors (Lipinski definition) is 1. The Morgan fingerprint density at radius 2 is 1.77 bits per heavy atom. The van der Waals surface area contributed by atoms with Crippen LogP contribution in [0.15, 0.2) is 24.4 Å². The Morgan fingerprint density at radius 1 is 1.15 bits per heavy atom. The summed E-state index contributed by atoms with van der Waals surface area (Å²) in [4.78, 5) is 0. The Hall–Kier alpha value is -0.720. The molecule has 0 saturated heterocycles. The largest absolute Gasteiger partial charge is 0.404 e. The average molecular weight is 181 g/mol. The van der Waals surface area contributed by atoms with E-state index in [-0.39, 0.29) is 0 Å². The smallest absolute Gasteiger partial charge is 0.00299 e. The van der Waals surface area contributed by atoms with E-state index in [1.54, 1.807) is 6.20 Å². The molecule has 2 N–H and O–H groups in total. The van der Waals surface area contributed by atoms with Gasteiger partial charge in [-0.05, 0) is 24.6 Å². The van der Waals surface area contributed by atoms with E-state index in [9.17, 15) is 0 Å². The predicted octanol–water partition coefficient (Wildman–Crippen LogP) is 3.77. The number of rotatable bonds is 8. The molecule has 0 aliphatic rings. The fraction of sp³-hybridized carbons (Fsp3) is 0.667. The number of unbranched alkanes of at least 4 members (excludes halogenated alkanes) is 5. The lowest BCUT2D eigenvalue weighted by Gasteiger charge is -2.01. The van der Waals surface area contributed by atoms with Crippen molar-refractivity contribution in [3.63, 3.8) is 0 Å². The lowest BCUT2D eigenvalue weighted by Crippen LogP contribution is -1.87. The first kappa shape index (κ1) is 12.3. The van der Waals surface area contributed by atoms with Gasteiger partial charge in [-0.2, -0.15) is 0 Å². The molecule has 1 nitrogen and oxygen atoms in total. The topological polar surface area (TPSA) is 26.0 Å². The molecule has 0 saturated carbocycles. The second-order valence-electron chi connectivity index (χ2n) is 3.46. The molecule has 0 rings (SSSR count). The lowest BCUT2D eigenvalue weighted by molar-refractivity contribution is 0.608. The molecular formula is C12H23N. The molecule has 0 spiro atoms. The minimum absolute atomic E-state index is 1.09. The molecule has 1 heteroatoms. The van der Waals surface area contributed by atoms with Crippen molar-refractivity contribution in [1.29, 1.82) is 0 Å². The van der Waals surface area contributed by atoms with Crippen LogP contribution in [0.3, 0.4) is 0 Å². The van der Waals surface area contributed by atoms with Gasteiger partial charge in [0.05, 0.1) is 0 Å². The Kier molecular flexibility index (Phi) is 8.85. The normalized spacial score (nSPS) is 11.6. The molecule has 13 heavy (non-hydrogen) atoms. The van der Waals surface area contributed by atoms with E-state index in [0.717, 1.165) is 6.42 Å². The van der Waals surface area contributed by atoms with E-state index in [1.807, 2.05) is 6.08 Å². The zero-order valence-electron chi connectivity index (χ0n) is 8.89. The van der Waals surface area contributed by atoms with Gasteiger partial charge in [-0.15, -0.1) is 0 Å². The summed E-state index contributed by atoms with van der Waals surface area (Å²) in [6, 6.07) is 0. The summed E-state index contributed by atoms with van der Waals surface area (Å²) in [6.45, 7) is 5.95. The van der Waals surface area contributed by atoms with Crippen LogP contribution in [0.1, 0.15) is 51.9 Å². The van der Waals surface area contributed by atoms with Crippen LogP contribution >= 0.6 is 0 Å². The first-order chi connectivity index (χ1) is 6.35. The highest BCUT2D eigenvalue weighted by Gasteiger charge is 1.92. The maximum atomic E-state index is 5.41. The Labute approximate surface area is 82.7 Å². The van der Waals surface area contributed by atoms with E-state index in [0.29, 0.717) is 0 Å². The zero-order chi connectivity index (χ0) is 9.94. The highest BCUT2D eigenvalue weighted by Crippen LogP contribution is 2.11. The van der Waals surface area contributed by atoms with Crippen molar-refractivity contribution in [3.05, 3.63) is 24.4 Å².